The van der Waals surface area contributed by atoms with Gasteiger partial charge >= 0.3 is 6.03 Å². The number of carbonyl (C=O) groups is 1. The van der Waals surface area contributed by atoms with Crippen LogP contribution in [0.3, 0.4) is 0 Å². The monoisotopic (exact) mass is 524 g/mol. The lowest BCUT2D eigenvalue weighted by atomic mass is 10.3. The lowest BCUT2D eigenvalue weighted by Crippen LogP contribution is -2.36. The van der Waals surface area contributed by atoms with Gasteiger partial charge in [0.05, 0.1) is 22.2 Å². The quantitative estimate of drug-likeness (QED) is 0.325. The molecule has 33 heavy (non-hydrogen) atoms. The van der Waals surface area contributed by atoms with Crippen LogP contribution in [0.15, 0.2) is 48.2 Å². The van der Waals surface area contributed by atoms with Gasteiger partial charge in [0, 0.05) is 29.1 Å². The lowest BCUT2D eigenvalue weighted by Gasteiger charge is -2.20. The van der Waals surface area contributed by atoms with E-state index in [0.717, 1.165) is 27.2 Å². The molecule has 4 aromatic rings. The molecule has 0 aliphatic rings. The van der Waals surface area contributed by atoms with E-state index in [9.17, 15) is 13.2 Å². The lowest BCUT2D eigenvalue weighted by molar-refractivity contribution is 0.227. The normalized spacial score (nSPS) is 11.5. The number of urea groups is 1. The van der Waals surface area contributed by atoms with E-state index in [1.54, 1.807) is 29.7 Å². The fraction of sp³-hybridized carbons (Fsp3) is 0.158. The van der Waals surface area contributed by atoms with Gasteiger partial charge in [-0.25, -0.2) is 19.7 Å². The number of thiophene rings is 1. The molecule has 14 heteroatoms. The summed E-state index contributed by atoms with van der Waals surface area (Å²) >= 11 is 8.79. The number of amides is 2. The van der Waals surface area contributed by atoms with Gasteiger partial charge < -0.3 is 5.32 Å². The van der Waals surface area contributed by atoms with Crippen LogP contribution in [0.25, 0.3) is 10.2 Å². The second-order valence-electron chi connectivity index (χ2n) is 6.65. The Morgan fingerprint density at radius 3 is 2.88 bits per heavy atom. The van der Waals surface area contributed by atoms with Crippen molar-refractivity contribution < 1.29 is 17.5 Å². The fourth-order valence-electron chi connectivity index (χ4n) is 2.77. The van der Waals surface area contributed by atoms with E-state index in [0.29, 0.717) is 28.2 Å². The molecular weight excluding hydrogens is 508 g/mol. The molecule has 3 aromatic heterocycles. The molecule has 2 amide bonds. The summed E-state index contributed by atoms with van der Waals surface area (Å²) in [7, 11) is -3.98. The van der Waals surface area contributed by atoms with Gasteiger partial charge in [-0.1, -0.05) is 17.7 Å². The maximum Gasteiger partial charge on any atom is 0.353 e. The molecule has 0 atom stereocenters. The highest BCUT2D eigenvalue weighted by Crippen LogP contribution is 2.26. The van der Waals surface area contributed by atoms with Gasteiger partial charge in [-0.3, -0.25) is 5.32 Å². The van der Waals surface area contributed by atoms with Crippen LogP contribution in [0.4, 0.5) is 21.4 Å². The first kappa shape index (κ1) is 23.3. The number of fused-ring (bicyclic) bond motifs is 1. The highest BCUT2D eigenvalue weighted by Gasteiger charge is 2.23. The number of hydroxylamine groups is 1. The summed E-state index contributed by atoms with van der Waals surface area (Å²) in [4.78, 5) is 26.3. The molecule has 2 N–H and O–H groups in total. The Hall–Kier alpha value is -2.84. The van der Waals surface area contributed by atoms with Crippen molar-refractivity contribution in [1.82, 2.24) is 15.0 Å². The van der Waals surface area contributed by atoms with E-state index in [1.807, 2.05) is 11.4 Å². The number of nitrogens with zero attached hydrogens (tertiary/aromatic N) is 4. The molecule has 10 nitrogen and oxygen atoms in total. The molecule has 0 aliphatic heterocycles. The number of carbonyl (C=O) groups excluding carboxylic acids is 1. The predicted octanol–water partition coefficient (Wildman–Crippen LogP) is 4.39. The largest absolute Gasteiger partial charge is 0.368 e. The van der Waals surface area contributed by atoms with Crippen LogP contribution in [0.5, 0.6) is 0 Å². The van der Waals surface area contributed by atoms with Crippen molar-refractivity contribution >= 4 is 77.3 Å². The first-order valence-corrected chi connectivity index (χ1v) is 13.3. The number of thiazole rings is 1. The molecule has 0 aliphatic carbocycles. The van der Waals surface area contributed by atoms with Crippen molar-refractivity contribution in [3.63, 3.8) is 0 Å². The van der Waals surface area contributed by atoms with Crippen molar-refractivity contribution in [2.75, 3.05) is 28.5 Å². The van der Waals surface area contributed by atoms with E-state index in [2.05, 4.69) is 25.6 Å². The number of hydrogen-bond acceptors (Lipinski definition) is 10. The summed E-state index contributed by atoms with van der Waals surface area (Å²) in [5.41, 5.74) is 1.04. The SMILES string of the molecule is CS(=O)(=O)ON(C(=O)Nc1ncc(CCNc2ncnc3ccsc23)s1)c1cccc(Cl)c1. The minimum absolute atomic E-state index is 0.149. The summed E-state index contributed by atoms with van der Waals surface area (Å²) < 4.78 is 29.2. The second-order valence-corrected chi connectivity index (χ2v) is 10.7. The van der Waals surface area contributed by atoms with Crippen LogP contribution in [0.2, 0.25) is 5.02 Å². The highest BCUT2D eigenvalue weighted by molar-refractivity contribution is 7.86. The second kappa shape index (κ2) is 9.97. The summed E-state index contributed by atoms with van der Waals surface area (Å²) in [5, 5.41) is 9.03. The molecular formula is C19H17ClN6O4S3. The first-order chi connectivity index (χ1) is 15.8. The molecule has 0 fully saturated rings. The average molecular weight is 525 g/mol. The minimum Gasteiger partial charge on any atom is -0.368 e. The fourth-order valence-corrected chi connectivity index (χ4v) is 5.00. The third kappa shape index (κ3) is 6.15. The van der Waals surface area contributed by atoms with Crippen molar-refractivity contribution in [2.45, 2.75) is 6.42 Å². The molecule has 3 heterocycles. The van der Waals surface area contributed by atoms with Gasteiger partial charge in [0.2, 0.25) is 0 Å². The number of nitrogens with one attached hydrogen (secondary N) is 2. The third-order valence-electron chi connectivity index (χ3n) is 4.11. The maximum atomic E-state index is 12.7. The molecule has 0 radical (unpaired) electrons. The van der Waals surface area contributed by atoms with E-state index in [4.69, 9.17) is 15.9 Å². The standard InChI is InChI=1S/C19H17ClN6O4S3/c1-33(28,29)30-26(13-4-2-3-12(20)9-13)19(27)25-18-22-10-14(32-18)5-7-21-17-16-15(6-8-31-16)23-11-24-17/h2-4,6,8-11H,5,7H2,1H3,(H,21,23,24)(H,22,25,27). The molecule has 0 bridgehead atoms. The Morgan fingerprint density at radius 1 is 1.24 bits per heavy atom. The number of halogens is 1. The summed E-state index contributed by atoms with van der Waals surface area (Å²) in [5.74, 6) is 0.767. The Bertz CT molecular complexity index is 1390. The summed E-state index contributed by atoms with van der Waals surface area (Å²) in [6.45, 7) is 0.603. The number of hydrogen-bond donors (Lipinski definition) is 2. The Balaban J connectivity index is 1.40. The smallest absolute Gasteiger partial charge is 0.353 e. The van der Waals surface area contributed by atoms with Gasteiger partial charge in [0.1, 0.15) is 12.1 Å². The molecule has 1 aromatic carbocycles. The third-order valence-corrected chi connectivity index (χ3v) is 6.65. The Labute approximate surface area is 202 Å². The maximum absolute atomic E-state index is 12.7. The highest BCUT2D eigenvalue weighted by atomic mass is 35.5. The van der Waals surface area contributed by atoms with Crippen molar-refractivity contribution in [2.24, 2.45) is 0 Å². The van der Waals surface area contributed by atoms with Crippen LogP contribution in [-0.4, -0.2) is 42.2 Å². The number of aromatic nitrogens is 3. The Kier molecular flexibility index (Phi) is 7.05. The van der Waals surface area contributed by atoms with Crippen LogP contribution in [-0.2, 0) is 20.8 Å². The predicted molar refractivity (Wildman–Crippen MR) is 131 cm³/mol. The number of benzene rings is 1. The molecule has 0 saturated carbocycles. The van der Waals surface area contributed by atoms with Crippen LogP contribution in [0.1, 0.15) is 4.88 Å². The zero-order valence-electron chi connectivity index (χ0n) is 17.1. The van der Waals surface area contributed by atoms with Crippen molar-refractivity contribution in [3.8, 4) is 0 Å². The van der Waals surface area contributed by atoms with Gasteiger partial charge in [0.15, 0.2) is 5.13 Å². The summed E-state index contributed by atoms with van der Waals surface area (Å²) in [6.07, 6.45) is 4.64. The molecule has 0 saturated heterocycles. The van der Waals surface area contributed by atoms with Crippen molar-refractivity contribution in [3.05, 3.63) is 58.1 Å². The topological polar surface area (TPSA) is 126 Å². The van der Waals surface area contributed by atoms with E-state index in [-0.39, 0.29) is 5.69 Å². The molecule has 0 spiro atoms. The van der Waals surface area contributed by atoms with Crippen LogP contribution >= 0.6 is 34.3 Å². The molecule has 0 unspecified atom stereocenters. The van der Waals surface area contributed by atoms with Gasteiger partial charge in [0.25, 0.3) is 10.1 Å². The molecule has 172 valence electrons. The first-order valence-electron chi connectivity index (χ1n) is 9.41. The van der Waals surface area contributed by atoms with Gasteiger partial charge in [-0.05, 0) is 29.6 Å². The minimum atomic E-state index is -3.98. The number of anilines is 3. The van der Waals surface area contributed by atoms with Gasteiger partial charge in [-0.2, -0.15) is 13.5 Å². The zero-order valence-corrected chi connectivity index (χ0v) is 20.3. The van der Waals surface area contributed by atoms with Crippen LogP contribution in [0, 0.1) is 0 Å². The van der Waals surface area contributed by atoms with E-state index >= 15 is 0 Å². The average Bonchev–Trinajstić information content (AvgIpc) is 3.41. The summed E-state index contributed by atoms with van der Waals surface area (Å²) in [6, 6.07) is 7.16. The molecule has 4 rings (SSSR count). The Morgan fingerprint density at radius 2 is 2.09 bits per heavy atom. The van der Waals surface area contributed by atoms with Gasteiger partial charge in [-0.15, -0.1) is 27.0 Å². The number of rotatable bonds is 8. The van der Waals surface area contributed by atoms with Crippen LogP contribution < -0.4 is 15.7 Å². The zero-order chi connectivity index (χ0) is 23.4. The van der Waals surface area contributed by atoms with E-state index in [1.165, 1.54) is 29.8 Å². The van der Waals surface area contributed by atoms with E-state index < -0.39 is 16.1 Å². The van der Waals surface area contributed by atoms with Crippen molar-refractivity contribution in [1.29, 1.82) is 0 Å².